The van der Waals surface area contributed by atoms with E-state index in [0.717, 1.165) is 21.4 Å². The highest BCUT2D eigenvalue weighted by molar-refractivity contribution is 9.10. The molecule has 3 heterocycles. The Labute approximate surface area is 146 Å². The molecular weight excluding hydrogens is 380 g/mol. The van der Waals surface area contributed by atoms with Gasteiger partial charge in [-0.3, -0.25) is 9.20 Å². The number of carbonyl (C=O) groups excluding carboxylic acids is 1. The van der Waals surface area contributed by atoms with E-state index in [1.807, 2.05) is 26.1 Å². The molecule has 0 atom stereocenters. The number of anilines is 1. The van der Waals surface area contributed by atoms with E-state index in [2.05, 4.69) is 31.2 Å². The number of aryl methyl sites for hydroxylation is 2. The first-order valence-electron chi connectivity index (χ1n) is 7.10. The van der Waals surface area contributed by atoms with Gasteiger partial charge in [0.1, 0.15) is 11.3 Å². The van der Waals surface area contributed by atoms with Gasteiger partial charge in [-0.1, -0.05) is 18.5 Å². The summed E-state index contributed by atoms with van der Waals surface area (Å²) in [6, 6.07) is 5.40. The van der Waals surface area contributed by atoms with Crippen molar-refractivity contribution in [3.8, 4) is 0 Å². The lowest BCUT2D eigenvalue weighted by Gasteiger charge is -2.08. The third-order valence-electron chi connectivity index (χ3n) is 3.50. The Balaban J connectivity index is 2.11. The van der Waals surface area contributed by atoms with Gasteiger partial charge in [-0.25, -0.2) is 9.97 Å². The Morgan fingerprint density at radius 3 is 2.96 bits per heavy atom. The zero-order chi connectivity index (χ0) is 16.6. The second-order valence-corrected chi connectivity index (χ2v) is 6.37. The van der Waals surface area contributed by atoms with Crippen LogP contribution in [0.2, 0.25) is 5.15 Å². The summed E-state index contributed by atoms with van der Waals surface area (Å²) in [7, 11) is 0. The molecule has 0 unspecified atom stereocenters. The van der Waals surface area contributed by atoms with Gasteiger partial charge in [0.25, 0.3) is 5.91 Å². The molecule has 5 nitrogen and oxygen atoms in total. The van der Waals surface area contributed by atoms with Crippen molar-refractivity contribution >= 4 is 44.8 Å². The number of amides is 1. The van der Waals surface area contributed by atoms with Crippen molar-refractivity contribution < 1.29 is 4.79 Å². The smallest absolute Gasteiger partial charge is 0.274 e. The first kappa shape index (κ1) is 16.0. The number of hydrogen-bond acceptors (Lipinski definition) is 3. The number of imidazole rings is 1. The third kappa shape index (κ3) is 2.96. The van der Waals surface area contributed by atoms with E-state index in [1.165, 1.54) is 0 Å². The van der Waals surface area contributed by atoms with E-state index < -0.39 is 0 Å². The van der Waals surface area contributed by atoms with Crippen LogP contribution in [-0.4, -0.2) is 20.3 Å². The van der Waals surface area contributed by atoms with Gasteiger partial charge in [0.05, 0.1) is 11.4 Å². The van der Waals surface area contributed by atoms with E-state index in [0.29, 0.717) is 17.8 Å². The minimum absolute atomic E-state index is 0.255. The molecule has 0 aliphatic heterocycles. The second kappa shape index (κ2) is 6.29. The topological polar surface area (TPSA) is 59.3 Å². The van der Waals surface area contributed by atoms with Crippen LogP contribution in [0.3, 0.4) is 0 Å². The maximum absolute atomic E-state index is 12.8. The number of halogens is 2. The molecule has 0 saturated carbocycles. The Hall–Kier alpha value is -1.92. The number of aromatic nitrogens is 3. The average molecular weight is 394 g/mol. The molecule has 0 radical (unpaired) electrons. The van der Waals surface area contributed by atoms with Gasteiger partial charge < -0.3 is 5.32 Å². The maximum atomic E-state index is 12.8. The van der Waals surface area contributed by atoms with Crippen molar-refractivity contribution in [1.29, 1.82) is 0 Å². The van der Waals surface area contributed by atoms with E-state index in [9.17, 15) is 4.79 Å². The lowest BCUT2D eigenvalue weighted by Crippen LogP contribution is -2.16. The molecule has 0 bridgehead atoms. The molecule has 0 spiro atoms. The van der Waals surface area contributed by atoms with Crippen molar-refractivity contribution in [3.63, 3.8) is 0 Å². The summed E-state index contributed by atoms with van der Waals surface area (Å²) in [5.74, 6) is -0.262. The number of nitrogens with one attached hydrogen (secondary N) is 1. The maximum Gasteiger partial charge on any atom is 0.274 e. The van der Waals surface area contributed by atoms with Crippen LogP contribution in [0.25, 0.3) is 5.65 Å². The minimum Gasteiger partial charge on any atom is -0.318 e. The zero-order valence-corrected chi connectivity index (χ0v) is 14.9. The summed E-state index contributed by atoms with van der Waals surface area (Å²) in [4.78, 5) is 21.3. The van der Waals surface area contributed by atoms with E-state index in [-0.39, 0.29) is 11.1 Å². The molecule has 1 N–H and O–H groups in total. The van der Waals surface area contributed by atoms with E-state index >= 15 is 0 Å². The number of nitrogens with zero attached hydrogens (tertiary/aromatic N) is 3. The number of carbonyl (C=O) groups is 1. The van der Waals surface area contributed by atoms with Crippen LogP contribution in [0.5, 0.6) is 0 Å². The zero-order valence-electron chi connectivity index (χ0n) is 12.6. The van der Waals surface area contributed by atoms with Gasteiger partial charge in [-0.15, -0.1) is 0 Å². The highest BCUT2D eigenvalue weighted by Crippen LogP contribution is 2.23. The average Bonchev–Trinajstić information content (AvgIpc) is 2.88. The van der Waals surface area contributed by atoms with Crippen LogP contribution < -0.4 is 5.32 Å². The van der Waals surface area contributed by atoms with Gasteiger partial charge in [0.15, 0.2) is 5.15 Å². The lowest BCUT2D eigenvalue weighted by molar-refractivity contribution is 0.102. The lowest BCUT2D eigenvalue weighted by atomic mass is 10.2. The Morgan fingerprint density at radius 2 is 2.26 bits per heavy atom. The predicted molar refractivity (Wildman–Crippen MR) is 94.2 cm³/mol. The molecule has 0 aliphatic rings. The molecule has 1 amide bonds. The number of pyridine rings is 2. The van der Waals surface area contributed by atoms with Gasteiger partial charge in [0.2, 0.25) is 0 Å². The highest BCUT2D eigenvalue weighted by atomic mass is 79.9. The summed E-state index contributed by atoms with van der Waals surface area (Å²) >= 11 is 9.48. The van der Waals surface area contributed by atoms with Crippen LogP contribution in [0.15, 0.2) is 35.1 Å². The summed E-state index contributed by atoms with van der Waals surface area (Å²) in [5, 5.41) is 3.06. The molecule has 3 aromatic rings. The van der Waals surface area contributed by atoms with Gasteiger partial charge >= 0.3 is 0 Å². The number of rotatable bonds is 3. The fourth-order valence-electron chi connectivity index (χ4n) is 2.46. The third-order valence-corrected chi connectivity index (χ3v) is 4.23. The molecule has 23 heavy (non-hydrogen) atoms. The predicted octanol–water partition coefficient (Wildman–Crippen LogP) is 4.27. The fraction of sp³-hybridized carbons (Fsp3) is 0.188. The van der Waals surface area contributed by atoms with Crippen molar-refractivity contribution in [2.75, 3.05) is 5.32 Å². The fourth-order valence-corrected chi connectivity index (χ4v) is 3.18. The quantitative estimate of drug-likeness (QED) is 0.676. The van der Waals surface area contributed by atoms with Crippen molar-refractivity contribution in [1.82, 2.24) is 14.4 Å². The van der Waals surface area contributed by atoms with Crippen molar-refractivity contribution in [2.24, 2.45) is 0 Å². The molecule has 0 fully saturated rings. The molecule has 0 aliphatic carbocycles. The molecule has 118 valence electrons. The standard InChI is InChI=1S/C16H14BrClN4O/c1-3-11-13(16(23)21-12-5-4-6-19-14(12)18)22-8-10(17)7-9(2)15(22)20-11/h4-8H,3H2,1-2H3,(H,21,23). The van der Waals surface area contributed by atoms with Crippen LogP contribution >= 0.6 is 27.5 Å². The monoisotopic (exact) mass is 392 g/mol. The Bertz CT molecular complexity index is 906. The molecule has 3 rings (SSSR count). The van der Waals surface area contributed by atoms with Crippen LogP contribution in [-0.2, 0) is 6.42 Å². The summed E-state index contributed by atoms with van der Waals surface area (Å²) in [6.45, 7) is 3.94. The van der Waals surface area contributed by atoms with Crippen LogP contribution in [0.1, 0.15) is 28.7 Å². The largest absolute Gasteiger partial charge is 0.318 e. The first-order chi connectivity index (χ1) is 11.0. The summed E-state index contributed by atoms with van der Waals surface area (Å²) in [5.41, 5.74) is 3.48. The highest BCUT2D eigenvalue weighted by Gasteiger charge is 2.20. The number of fused-ring (bicyclic) bond motifs is 1. The molecule has 0 saturated heterocycles. The van der Waals surface area contributed by atoms with E-state index in [1.54, 1.807) is 22.7 Å². The van der Waals surface area contributed by atoms with E-state index in [4.69, 9.17) is 11.6 Å². The van der Waals surface area contributed by atoms with Gasteiger partial charge in [-0.2, -0.15) is 0 Å². The Morgan fingerprint density at radius 1 is 1.48 bits per heavy atom. The second-order valence-electron chi connectivity index (χ2n) is 5.09. The van der Waals surface area contributed by atoms with Crippen molar-refractivity contribution in [3.05, 3.63) is 57.2 Å². The number of hydrogen-bond donors (Lipinski definition) is 1. The van der Waals surface area contributed by atoms with Crippen molar-refractivity contribution in [2.45, 2.75) is 20.3 Å². The SMILES string of the molecule is CCc1nc2c(C)cc(Br)cn2c1C(=O)Nc1cccnc1Cl. The first-order valence-corrected chi connectivity index (χ1v) is 8.27. The molecule has 7 heteroatoms. The normalized spacial score (nSPS) is 11.0. The molecule has 0 aromatic carbocycles. The van der Waals surface area contributed by atoms with Crippen LogP contribution in [0.4, 0.5) is 5.69 Å². The van der Waals surface area contributed by atoms with Crippen LogP contribution in [0, 0.1) is 6.92 Å². The molecular formula is C16H14BrClN4O. The molecule has 3 aromatic heterocycles. The van der Waals surface area contributed by atoms with Gasteiger partial charge in [0, 0.05) is 16.9 Å². The summed E-state index contributed by atoms with van der Waals surface area (Å²) < 4.78 is 2.69. The minimum atomic E-state index is -0.262. The Kier molecular flexibility index (Phi) is 4.37. The summed E-state index contributed by atoms with van der Waals surface area (Å²) in [6.07, 6.45) is 4.07. The van der Waals surface area contributed by atoms with Gasteiger partial charge in [-0.05, 0) is 53.0 Å².